The second-order valence-electron chi connectivity index (χ2n) is 5.73. The minimum atomic E-state index is -0.0430. The number of carbonyl (C=O) groups excluding carboxylic acids is 1. The van der Waals surface area contributed by atoms with E-state index < -0.39 is 0 Å². The van der Waals surface area contributed by atoms with E-state index in [1.807, 2.05) is 60.7 Å². The molecule has 0 saturated heterocycles. The van der Waals surface area contributed by atoms with Gasteiger partial charge in [0.1, 0.15) is 12.4 Å². The number of nitriles is 1. The van der Waals surface area contributed by atoms with Crippen LogP contribution in [0.15, 0.2) is 72.8 Å². The number of Topliss-reactive ketones (excluding diaryl/α,β-unsaturated/α-hetero) is 1. The molecule has 0 unspecified atom stereocenters. The van der Waals surface area contributed by atoms with E-state index in [4.69, 9.17) is 10.00 Å². The van der Waals surface area contributed by atoms with Crippen molar-refractivity contribution in [2.24, 2.45) is 0 Å². The van der Waals surface area contributed by atoms with Crippen molar-refractivity contribution in [1.82, 2.24) is 0 Å². The third-order valence-corrected chi connectivity index (χ3v) is 3.94. The highest BCUT2D eigenvalue weighted by Crippen LogP contribution is 2.28. The molecule has 0 N–H and O–H groups in total. The summed E-state index contributed by atoms with van der Waals surface area (Å²) in [5.41, 5.74) is 4.09. The Kier molecular flexibility index (Phi) is 4.92. The van der Waals surface area contributed by atoms with E-state index in [0.29, 0.717) is 23.5 Å². The Labute approximate surface area is 147 Å². The third kappa shape index (κ3) is 3.94. The van der Waals surface area contributed by atoms with Crippen LogP contribution < -0.4 is 4.74 Å². The van der Waals surface area contributed by atoms with Crippen molar-refractivity contribution in [2.75, 3.05) is 0 Å². The van der Waals surface area contributed by atoms with E-state index in [0.717, 1.165) is 16.7 Å². The first-order chi connectivity index (χ1) is 12.2. The number of ketones is 1. The van der Waals surface area contributed by atoms with Gasteiger partial charge in [-0.1, -0.05) is 48.5 Å². The molecule has 0 radical (unpaired) electrons. The largest absolute Gasteiger partial charge is 0.488 e. The second kappa shape index (κ2) is 7.46. The Morgan fingerprint density at radius 1 is 0.960 bits per heavy atom. The van der Waals surface area contributed by atoms with Crippen LogP contribution >= 0.6 is 0 Å². The zero-order valence-corrected chi connectivity index (χ0v) is 13.9. The van der Waals surface area contributed by atoms with Crippen LogP contribution in [0.5, 0.6) is 5.75 Å². The second-order valence-corrected chi connectivity index (χ2v) is 5.73. The van der Waals surface area contributed by atoms with Gasteiger partial charge in [0.25, 0.3) is 0 Å². The van der Waals surface area contributed by atoms with E-state index in [9.17, 15) is 4.79 Å². The number of carbonyl (C=O) groups is 1. The highest BCUT2D eigenvalue weighted by Gasteiger charge is 2.11. The molecule has 0 aliphatic carbocycles. The first-order valence-corrected chi connectivity index (χ1v) is 7.99. The topological polar surface area (TPSA) is 50.1 Å². The molecule has 0 atom stereocenters. The Morgan fingerprint density at radius 2 is 1.64 bits per heavy atom. The number of nitrogens with zero attached hydrogens (tertiary/aromatic N) is 1. The van der Waals surface area contributed by atoms with Gasteiger partial charge >= 0.3 is 0 Å². The van der Waals surface area contributed by atoms with Crippen LogP contribution in [0, 0.1) is 11.3 Å². The average molecular weight is 327 g/mol. The molecule has 3 aromatic rings. The molecule has 0 spiro atoms. The summed E-state index contributed by atoms with van der Waals surface area (Å²) in [4.78, 5) is 12.0. The van der Waals surface area contributed by atoms with Crippen molar-refractivity contribution in [3.63, 3.8) is 0 Å². The maximum atomic E-state index is 12.0. The first kappa shape index (κ1) is 16.5. The Balaban J connectivity index is 1.87. The lowest BCUT2D eigenvalue weighted by molar-refractivity contribution is 0.101. The summed E-state index contributed by atoms with van der Waals surface area (Å²) in [5.74, 6) is 0.535. The molecule has 0 aliphatic heterocycles. The van der Waals surface area contributed by atoms with E-state index in [-0.39, 0.29) is 5.78 Å². The van der Waals surface area contributed by atoms with E-state index in [1.54, 1.807) is 12.1 Å². The van der Waals surface area contributed by atoms with E-state index in [2.05, 4.69) is 6.07 Å². The summed E-state index contributed by atoms with van der Waals surface area (Å²) >= 11 is 0. The molecular formula is C22H17NO2. The average Bonchev–Trinajstić information content (AvgIpc) is 2.67. The van der Waals surface area contributed by atoms with Crippen molar-refractivity contribution >= 4 is 5.78 Å². The van der Waals surface area contributed by atoms with Gasteiger partial charge in [-0.05, 0) is 47.9 Å². The fourth-order valence-corrected chi connectivity index (χ4v) is 2.58. The molecule has 0 aliphatic rings. The molecule has 3 rings (SSSR count). The van der Waals surface area contributed by atoms with Gasteiger partial charge in [0.05, 0.1) is 17.2 Å². The fraction of sp³-hybridized carbons (Fsp3) is 0.0909. The summed E-state index contributed by atoms with van der Waals surface area (Å²) in [6, 6.07) is 24.8. The van der Waals surface area contributed by atoms with Gasteiger partial charge in [0.15, 0.2) is 5.78 Å². The van der Waals surface area contributed by atoms with Crippen LogP contribution in [0.2, 0.25) is 0 Å². The molecule has 0 aromatic heterocycles. The Morgan fingerprint density at radius 3 is 2.28 bits per heavy atom. The van der Waals surface area contributed by atoms with Crippen LogP contribution in [-0.4, -0.2) is 5.78 Å². The molecule has 122 valence electrons. The summed E-state index contributed by atoms with van der Waals surface area (Å²) in [7, 11) is 0. The van der Waals surface area contributed by atoms with Crippen LogP contribution in [0.3, 0.4) is 0 Å². The highest BCUT2D eigenvalue weighted by molar-refractivity contribution is 5.98. The van der Waals surface area contributed by atoms with Gasteiger partial charge in [-0.3, -0.25) is 4.79 Å². The van der Waals surface area contributed by atoms with Gasteiger partial charge in [0, 0.05) is 0 Å². The van der Waals surface area contributed by atoms with E-state index >= 15 is 0 Å². The number of benzene rings is 3. The minimum absolute atomic E-state index is 0.0430. The van der Waals surface area contributed by atoms with Crippen LogP contribution in [0.1, 0.15) is 28.4 Å². The maximum Gasteiger partial charge on any atom is 0.163 e. The molecule has 0 fully saturated rings. The van der Waals surface area contributed by atoms with E-state index in [1.165, 1.54) is 6.92 Å². The summed E-state index contributed by atoms with van der Waals surface area (Å²) in [6.45, 7) is 1.95. The molecule has 0 saturated carbocycles. The lowest BCUT2D eigenvalue weighted by Gasteiger charge is -2.12. The molecule has 0 bridgehead atoms. The third-order valence-electron chi connectivity index (χ3n) is 3.94. The van der Waals surface area contributed by atoms with Gasteiger partial charge in [-0.25, -0.2) is 0 Å². The van der Waals surface area contributed by atoms with Crippen molar-refractivity contribution in [3.05, 3.63) is 89.5 Å². The van der Waals surface area contributed by atoms with Gasteiger partial charge in [-0.15, -0.1) is 0 Å². The van der Waals surface area contributed by atoms with Crippen molar-refractivity contribution in [1.29, 1.82) is 5.26 Å². The Hall–Kier alpha value is -3.38. The maximum absolute atomic E-state index is 12.0. The summed E-state index contributed by atoms with van der Waals surface area (Å²) in [6.07, 6.45) is 0. The monoisotopic (exact) mass is 327 g/mol. The van der Waals surface area contributed by atoms with Crippen LogP contribution in [-0.2, 0) is 6.61 Å². The summed E-state index contributed by atoms with van der Waals surface area (Å²) < 4.78 is 5.85. The molecule has 3 aromatic carbocycles. The Bertz CT molecular complexity index is 922. The van der Waals surface area contributed by atoms with Gasteiger partial charge in [-0.2, -0.15) is 5.26 Å². The van der Waals surface area contributed by atoms with Gasteiger partial charge in [0.2, 0.25) is 0 Å². The molecule has 3 nitrogen and oxygen atoms in total. The zero-order valence-electron chi connectivity index (χ0n) is 13.9. The SMILES string of the molecule is CC(=O)c1cc(-c2ccc(C#N)cc2)ccc1OCc1ccccc1. The van der Waals surface area contributed by atoms with Crippen LogP contribution in [0.4, 0.5) is 0 Å². The fourth-order valence-electron chi connectivity index (χ4n) is 2.58. The standard InChI is InChI=1S/C22H17NO2/c1-16(24)21-13-20(19-9-7-17(14-23)8-10-19)11-12-22(21)25-15-18-5-3-2-4-6-18/h2-13H,15H2,1H3. The van der Waals surface area contributed by atoms with Crippen molar-refractivity contribution < 1.29 is 9.53 Å². The molecule has 0 amide bonds. The molecule has 3 heteroatoms. The predicted octanol–water partition coefficient (Wildman–Crippen LogP) is 5.01. The van der Waals surface area contributed by atoms with Crippen molar-refractivity contribution in [3.8, 4) is 22.9 Å². The molecule has 0 heterocycles. The first-order valence-electron chi connectivity index (χ1n) is 7.99. The van der Waals surface area contributed by atoms with Crippen molar-refractivity contribution in [2.45, 2.75) is 13.5 Å². The normalized spacial score (nSPS) is 10.1. The number of hydrogen-bond acceptors (Lipinski definition) is 3. The van der Waals surface area contributed by atoms with Crippen LogP contribution in [0.25, 0.3) is 11.1 Å². The number of ether oxygens (including phenoxy) is 1. The number of hydrogen-bond donors (Lipinski definition) is 0. The quantitative estimate of drug-likeness (QED) is 0.619. The zero-order chi connectivity index (χ0) is 17.6. The van der Waals surface area contributed by atoms with Gasteiger partial charge < -0.3 is 4.74 Å². The number of rotatable bonds is 5. The molecular weight excluding hydrogens is 310 g/mol. The summed E-state index contributed by atoms with van der Waals surface area (Å²) in [5, 5.41) is 8.89. The predicted molar refractivity (Wildman–Crippen MR) is 97.4 cm³/mol. The highest BCUT2D eigenvalue weighted by atomic mass is 16.5. The smallest absolute Gasteiger partial charge is 0.163 e. The minimum Gasteiger partial charge on any atom is -0.488 e. The lowest BCUT2D eigenvalue weighted by atomic mass is 10.00. The lowest BCUT2D eigenvalue weighted by Crippen LogP contribution is -2.02. The molecule has 25 heavy (non-hydrogen) atoms.